The molecule has 0 saturated heterocycles. The SMILES string of the molecule is CCCCCCCCCCCCCCCCCCC(=O)OC[C@H](COP(=O)(O)O)OC(=O)CCC/C=C\C/C=C\C/C=C\C/C=C\C=C\[C@H](O)CC. The Morgan fingerprint density at radius 2 is 1.08 bits per heavy atom. The number of aliphatic hydroxyl groups is 1. The van der Waals surface area contributed by atoms with Crippen LogP contribution in [0.2, 0.25) is 0 Å². The summed E-state index contributed by atoms with van der Waals surface area (Å²) in [6.07, 6.45) is 43.3. The van der Waals surface area contributed by atoms with Gasteiger partial charge in [0.05, 0.1) is 12.7 Å². The van der Waals surface area contributed by atoms with Gasteiger partial charge in [-0.2, -0.15) is 0 Å². The molecular formula is C42H73O9P. The van der Waals surface area contributed by atoms with E-state index in [0.29, 0.717) is 25.7 Å². The minimum atomic E-state index is -4.78. The molecule has 2 atom stereocenters. The van der Waals surface area contributed by atoms with E-state index in [1.54, 1.807) is 6.08 Å². The molecule has 0 fully saturated rings. The summed E-state index contributed by atoms with van der Waals surface area (Å²) in [4.78, 5) is 42.8. The molecule has 0 amide bonds. The summed E-state index contributed by atoms with van der Waals surface area (Å²) in [5.74, 6) is -0.972. The first-order chi connectivity index (χ1) is 25.2. The van der Waals surface area contributed by atoms with Crippen LogP contribution in [0.4, 0.5) is 0 Å². The highest BCUT2D eigenvalue weighted by Crippen LogP contribution is 2.36. The van der Waals surface area contributed by atoms with Gasteiger partial charge in [0.2, 0.25) is 0 Å². The fourth-order valence-electron chi connectivity index (χ4n) is 5.30. The maximum atomic E-state index is 12.4. The van der Waals surface area contributed by atoms with Gasteiger partial charge in [0.1, 0.15) is 6.61 Å². The zero-order chi connectivity index (χ0) is 38.4. The molecule has 3 N–H and O–H groups in total. The Hall–Kier alpha value is -2.29. The quantitative estimate of drug-likeness (QED) is 0.0187. The molecule has 0 aromatic carbocycles. The van der Waals surface area contributed by atoms with Crippen LogP contribution in [-0.2, 0) is 28.2 Å². The summed E-state index contributed by atoms with van der Waals surface area (Å²) in [5, 5.41) is 9.45. The molecule has 0 aliphatic heterocycles. The number of rotatable bonds is 36. The zero-order valence-electron chi connectivity index (χ0n) is 32.6. The second-order valence-corrected chi connectivity index (χ2v) is 14.7. The third kappa shape index (κ3) is 38.9. The van der Waals surface area contributed by atoms with E-state index in [1.165, 1.54) is 83.5 Å². The lowest BCUT2D eigenvalue weighted by Crippen LogP contribution is -2.29. The van der Waals surface area contributed by atoms with Crippen molar-refractivity contribution < 1.29 is 43.0 Å². The van der Waals surface area contributed by atoms with E-state index in [-0.39, 0.29) is 25.6 Å². The molecule has 0 rings (SSSR count). The van der Waals surface area contributed by atoms with Crippen LogP contribution in [0.1, 0.15) is 168 Å². The summed E-state index contributed by atoms with van der Waals surface area (Å²) >= 11 is 0. The number of hydrogen-bond donors (Lipinski definition) is 3. The van der Waals surface area contributed by atoms with E-state index in [1.807, 2.05) is 37.3 Å². The molecule has 52 heavy (non-hydrogen) atoms. The number of unbranched alkanes of at least 4 members (excludes halogenated alkanes) is 16. The molecule has 300 valence electrons. The van der Waals surface area contributed by atoms with Crippen LogP contribution in [0.25, 0.3) is 0 Å². The third-order valence-corrected chi connectivity index (χ3v) is 8.94. The number of phosphoric ester groups is 1. The van der Waals surface area contributed by atoms with Gasteiger partial charge in [0.25, 0.3) is 0 Å². The van der Waals surface area contributed by atoms with Crippen LogP contribution >= 0.6 is 7.82 Å². The topological polar surface area (TPSA) is 140 Å². The minimum absolute atomic E-state index is 0.119. The van der Waals surface area contributed by atoms with E-state index in [9.17, 15) is 19.3 Å². The highest BCUT2D eigenvalue weighted by molar-refractivity contribution is 7.46. The van der Waals surface area contributed by atoms with Crippen molar-refractivity contribution in [2.24, 2.45) is 0 Å². The lowest BCUT2D eigenvalue weighted by atomic mass is 10.0. The lowest BCUT2D eigenvalue weighted by molar-refractivity contribution is -0.161. The van der Waals surface area contributed by atoms with Gasteiger partial charge in [-0.15, -0.1) is 0 Å². The predicted octanol–water partition coefficient (Wildman–Crippen LogP) is 11.1. The maximum absolute atomic E-state index is 12.4. The average Bonchev–Trinajstić information content (AvgIpc) is 3.11. The Bertz CT molecular complexity index is 1040. The van der Waals surface area contributed by atoms with Gasteiger partial charge in [-0.05, 0) is 44.9 Å². The van der Waals surface area contributed by atoms with E-state index in [4.69, 9.17) is 19.3 Å². The van der Waals surface area contributed by atoms with Crippen LogP contribution < -0.4 is 0 Å². The highest BCUT2D eigenvalue weighted by atomic mass is 31.2. The Morgan fingerprint density at radius 1 is 0.596 bits per heavy atom. The van der Waals surface area contributed by atoms with Gasteiger partial charge >= 0.3 is 19.8 Å². The molecule has 0 aliphatic carbocycles. The maximum Gasteiger partial charge on any atom is 0.469 e. The second kappa shape index (κ2) is 37.0. The number of phosphoric acid groups is 1. The van der Waals surface area contributed by atoms with Crippen LogP contribution in [-0.4, -0.2) is 52.3 Å². The molecule has 0 unspecified atom stereocenters. The van der Waals surface area contributed by atoms with Crippen molar-refractivity contribution in [3.05, 3.63) is 60.8 Å². The fourth-order valence-corrected chi connectivity index (χ4v) is 5.66. The summed E-state index contributed by atoms with van der Waals surface area (Å²) in [5.41, 5.74) is 0. The van der Waals surface area contributed by atoms with Gasteiger partial charge in [-0.3, -0.25) is 14.1 Å². The van der Waals surface area contributed by atoms with E-state index < -0.39 is 32.5 Å². The Kier molecular flexibility index (Phi) is 35.4. The van der Waals surface area contributed by atoms with Crippen molar-refractivity contribution in [1.29, 1.82) is 0 Å². The Labute approximate surface area is 316 Å². The van der Waals surface area contributed by atoms with E-state index >= 15 is 0 Å². The molecule has 0 spiro atoms. The minimum Gasteiger partial charge on any atom is -0.462 e. The molecule has 0 aromatic rings. The molecule has 0 heterocycles. The van der Waals surface area contributed by atoms with Gasteiger partial charge in [-0.25, -0.2) is 4.57 Å². The molecule has 0 saturated carbocycles. The number of esters is 2. The predicted molar refractivity (Wildman–Crippen MR) is 213 cm³/mol. The van der Waals surface area contributed by atoms with E-state index in [2.05, 4.69) is 35.8 Å². The van der Waals surface area contributed by atoms with Crippen molar-refractivity contribution in [2.45, 2.75) is 180 Å². The van der Waals surface area contributed by atoms with E-state index in [0.717, 1.165) is 32.1 Å². The number of hydrogen-bond acceptors (Lipinski definition) is 7. The Balaban J connectivity index is 4.05. The monoisotopic (exact) mass is 752 g/mol. The summed E-state index contributed by atoms with van der Waals surface area (Å²) in [6, 6.07) is 0. The number of aliphatic hydroxyl groups excluding tert-OH is 1. The lowest BCUT2D eigenvalue weighted by Gasteiger charge is -2.18. The number of carbonyl (C=O) groups excluding carboxylic acids is 2. The van der Waals surface area contributed by atoms with Gasteiger partial charge in [0.15, 0.2) is 6.10 Å². The van der Waals surface area contributed by atoms with Crippen molar-refractivity contribution in [1.82, 2.24) is 0 Å². The molecule has 0 aromatic heterocycles. The first kappa shape index (κ1) is 49.7. The third-order valence-electron chi connectivity index (χ3n) is 8.46. The van der Waals surface area contributed by atoms with Crippen LogP contribution in [0.3, 0.4) is 0 Å². The molecule has 9 nitrogen and oxygen atoms in total. The summed E-state index contributed by atoms with van der Waals surface area (Å²) in [6.45, 7) is 3.31. The van der Waals surface area contributed by atoms with Crippen molar-refractivity contribution in [3.63, 3.8) is 0 Å². The van der Waals surface area contributed by atoms with Gasteiger partial charge in [-0.1, -0.05) is 171 Å². The number of carbonyl (C=O) groups is 2. The van der Waals surface area contributed by atoms with Crippen LogP contribution in [0, 0.1) is 0 Å². The molecule has 10 heteroatoms. The normalized spacial score (nSPS) is 13.7. The fraction of sp³-hybridized carbons (Fsp3) is 0.714. The molecular weight excluding hydrogens is 679 g/mol. The Morgan fingerprint density at radius 3 is 1.60 bits per heavy atom. The van der Waals surface area contributed by atoms with Crippen LogP contribution in [0.15, 0.2) is 60.8 Å². The van der Waals surface area contributed by atoms with Crippen molar-refractivity contribution in [3.8, 4) is 0 Å². The van der Waals surface area contributed by atoms with Crippen molar-refractivity contribution in [2.75, 3.05) is 13.2 Å². The first-order valence-electron chi connectivity index (χ1n) is 20.2. The largest absolute Gasteiger partial charge is 0.469 e. The first-order valence-corrected chi connectivity index (χ1v) is 21.7. The van der Waals surface area contributed by atoms with Gasteiger partial charge in [0, 0.05) is 12.8 Å². The van der Waals surface area contributed by atoms with Crippen molar-refractivity contribution >= 4 is 19.8 Å². The smallest absolute Gasteiger partial charge is 0.462 e. The summed E-state index contributed by atoms with van der Waals surface area (Å²) < 4.78 is 26.3. The van der Waals surface area contributed by atoms with Gasteiger partial charge < -0.3 is 24.4 Å². The molecule has 0 aliphatic rings. The summed E-state index contributed by atoms with van der Waals surface area (Å²) in [7, 11) is -4.78. The standard InChI is InChI=1S/C42H73O9P/c1-3-5-6-7-8-9-10-11-12-13-17-20-23-26-29-32-35-41(44)49-37-40(38-50-52(46,47)48)51-42(45)36-33-30-27-24-21-18-15-14-16-19-22-25-28-31-34-39(43)4-2/h15-16,18-19,24-25,27-28,31,34,39-40,43H,3-14,17,20-23,26,29-30,32-33,35-38H2,1-2H3,(H2,46,47,48)/b18-15-,19-16-,27-24-,28-25-,34-31+/t39-,40-/m1/s1. The number of allylic oxidation sites excluding steroid dienone is 9. The average molecular weight is 753 g/mol. The number of ether oxygens (including phenoxy) is 2. The van der Waals surface area contributed by atoms with Crippen LogP contribution in [0.5, 0.6) is 0 Å². The molecule has 0 bridgehead atoms. The zero-order valence-corrected chi connectivity index (χ0v) is 33.4. The highest BCUT2D eigenvalue weighted by Gasteiger charge is 2.22. The second-order valence-electron chi connectivity index (χ2n) is 13.4. The molecule has 0 radical (unpaired) electrons.